The summed E-state index contributed by atoms with van der Waals surface area (Å²) in [5.74, 6) is 0.175. The zero-order valence-electron chi connectivity index (χ0n) is 11.9. The maximum absolute atomic E-state index is 11.4. The van der Waals surface area contributed by atoms with E-state index in [2.05, 4.69) is 33.4 Å². The molecule has 0 saturated carbocycles. The van der Waals surface area contributed by atoms with Gasteiger partial charge in [0.2, 0.25) is 5.91 Å². The lowest BCUT2D eigenvalue weighted by atomic mass is 10.1. The third-order valence-corrected chi connectivity index (χ3v) is 3.57. The SMILES string of the molecule is Cc1cc(C)n(CCCNC2CCCNC(=O)C2)n1. The average Bonchev–Trinajstić information content (AvgIpc) is 2.56. The van der Waals surface area contributed by atoms with E-state index in [4.69, 9.17) is 0 Å². The fraction of sp³-hybridized carbons (Fsp3) is 0.714. The molecule has 1 aromatic rings. The summed E-state index contributed by atoms with van der Waals surface area (Å²) < 4.78 is 2.05. The van der Waals surface area contributed by atoms with Gasteiger partial charge in [0.1, 0.15) is 0 Å². The zero-order chi connectivity index (χ0) is 13.7. The Bertz CT molecular complexity index is 427. The highest BCUT2D eigenvalue weighted by Crippen LogP contribution is 2.06. The normalized spacial score (nSPS) is 20.1. The van der Waals surface area contributed by atoms with Gasteiger partial charge in [0.05, 0.1) is 5.69 Å². The van der Waals surface area contributed by atoms with Crippen LogP contribution in [0.5, 0.6) is 0 Å². The maximum Gasteiger partial charge on any atom is 0.221 e. The van der Waals surface area contributed by atoms with Gasteiger partial charge in [-0.1, -0.05) is 0 Å². The van der Waals surface area contributed by atoms with Crippen molar-refractivity contribution >= 4 is 5.91 Å². The first-order chi connectivity index (χ1) is 9.15. The highest BCUT2D eigenvalue weighted by Gasteiger charge is 2.16. The van der Waals surface area contributed by atoms with Gasteiger partial charge in [0.25, 0.3) is 0 Å². The molecule has 2 heterocycles. The Morgan fingerprint density at radius 1 is 1.53 bits per heavy atom. The highest BCUT2D eigenvalue weighted by molar-refractivity contribution is 5.76. The second-order valence-corrected chi connectivity index (χ2v) is 5.35. The molecule has 1 amide bonds. The maximum atomic E-state index is 11.4. The first-order valence-electron chi connectivity index (χ1n) is 7.16. The summed E-state index contributed by atoms with van der Waals surface area (Å²) in [4.78, 5) is 11.4. The minimum absolute atomic E-state index is 0.175. The minimum atomic E-state index is 0.175. The molecule has 1 saturated heterocycles. The highest BCUT2D eigenvalue weighted by atomic mass is 16.1. The Balaban J connectivity index is 1.68. The molecule has 19 heavy (non-hydrogen) atoms. The molecule has 1 aliphatic heterocycles. The third kappa shape index (κ3) is 4.35. The summed E-state index contributed by atoms with van der Waals surface area (Å²) in [7, 11) is 0. The number of hydrogen-bond donors (Lipinski definition) is 2. The van der Waals surface area contributed by atoms with Crippen LogP contribution in [0.4, 0.5) is 0 Å². The molecular weight excluding hydrogens is 240 g/mol. The van der Waals surface area contributed by atoms with Crippen LogP contribution in [0.2, 0.25) is 0 Å². The van der Waals surface area contributed by atoms with Crippen molar-refractivity contribution in [2.24, 2.45) is 0 Å². The van der Waals surface area contributed by atoms with Gasteiger partial charge in [0, 0.05) is 31.2 Å². The number of carbonyl (C=O) groups is 1. The summed E-state index contributed by atoms with van der Waals surface area (Å²) in [5.41, 5.74) is 2.29. The number of carbonyl (C=O) groups excluding carboxylic acids is 1. The molecule has 2 rings (SSSR count). The number of aryl methyl sites for hydroxylation is 3. The molecule has 0 radical (unpaired) electrons. The predicted molar refractivity (Wildman–Crippen MR) is 75.0 cm³/mol. The topological polar surface area (TPSA) is 59.0 Å². The molecule has 0 aliphatic carbocycles. The van der Waals surface area contributed by atoms with E-state index in [1.165, 1.54) is 5.69 Å². The molecule has 1 unspecified atom stereocenters. The number of aromatic nitrogens is 2. The smallest absolute Gasteiger partial charge is 0.221 e. The first kappa shape index (κ1) is 14.1. The second-order valence-electron chi connectivity index (χ2n) is 5.35. The summed E-state index contributed by atoms with van der Waals surface area (Å²) in [6.45, 7) is 6.81. The van der Waals surface area contributed by atoms with E-state index in [1.807, 2.05) is 6.92 Å². The van der Waals surface area contributed by atoms with Crippen LogP contribution in [0.15, 0.2) is 6.07 Å². The quantitative estimate of drug-likeness (QED) is 0.784. The Labute approximate surface area is 114 Å². The van der Waals surface area contributed by atoms with E-state index in [-0.39, 0.29) is 5.91 Å². The monoisotopic (exact) mass is 264 g/mol. The van der Waals surface area contributed by atoms with Gasteiger partial charge in [-0.05, 0) is 45.7 Å². The van der Waals surface area contributed by atoms with Crippen molar-refractivity contribution in [2.45, 2.75) is 52.1 Å². The summed E-state index contributed by atoms with van der Waals surface area (Å²) in [6, 6.07) is 2.44. The van der Waals surface area contributed by atoms with Crippen molar-refractivity contribution in [1.82, 2.24) is 20.4 Å². The fourth-order valence-corrected chi connectivity index (χ4v) is 2.58. The molecule has 2 N–H and O–H groups in total. The van der Waals surface area contributed by atoms with Crippen molar-refractivity contribution in [2.75, 3.05) is 13.1 Å². The molecule has 0 aromatic carbocycles. The van der Waals surface area contributed by atoms with Crippen LogP contribution >= 0.6 is 0 Å². The van der Waals surface area contributed by atoms with Crippen LogP contribution in [0.3, 0.4) is 0 Å². The van der Waals surface area contributed by atoms with Gasteiger partial charge in [-0.3, -0.25) is 9.48 Å². The Kier molecular flexibility index (Phi) is 4.96. The van der Waals surface area contributed by atoms with Crippen LogP contribution in [0.1, 0.15) is 37.1 Å². The van der Waals surface area contributed by atoms with Gasteiger partial charge < -0.3 is 10.6 Å². The van der Waals surface area contributed by atoms with Crippen LogP contribution in [-0.4, -0.2) is 34.8 Å². The molecule has 1 fully saturated rings. The van der Waals surface area contributed by atoms with Crippen LogP contribution in [-0.2, 0) is 11.3 Å². The lowest BCUT2D eigenvalue weighted by Crippen LogP contribution is -2.33. The van der Waals surface area contributed by atoms with E-state index < -0.39 is 0 Å². The van der Waals surface area contributed by atoms with E-state index in [0.29, 0.717) is 12.5 Å². The molecule has 0 bridgehead atoms. The van der Waals surface area contributed by atoms with Gasteiger partial charge in [-0.2, -0.15) is 5.10 Å². The standard InChI is InChI=1S/C14H24N4O/c1-11-9-12(2)18(17-11)8-4-7-15-13-5-3-6-16-14(19)10-13/h9,13,15H,3-8,10H2,1-2H3,(H,16,19). The number of nitrogens with one attached hydrogen (secondary N) is 2. The molecule has 1 aliphatic rings. The lowest BCUT2D eigenvalue weighted by molar-refractivity contribution is -0.121. The van der Waals surface area contributed by atoms with E-state index in [9.17, 15) is 4.79 Å². The number of hydrogen-bond acceptors (Lipinski definition) is 3. The Morgan fingerprint density at radius 3 is 3.11 bits per heavy atom. The van der Waals surface area contributed by atoms with Crippen LogP contribution < -0.4 is 10.6 Å². The second kappa shape index (κ2) is 6.70. The third-order valence-electron chi connectivity index (χ3n) is 3.57. The summed E-state index contributed by atoms with van der Waals surface area (Å²) in [5, 5.41) is 10.8. The molecule has 1 atom stereocenters. The van der Waals surface area contributed by atoms with Crippen molar-refractivity contribution in [3.05, 3.63) is 17.5 Å². The van der Waals surface area contributed by atoms with Crippen LogP contribution in [0, 0.1) is 13.8 Å². The molecule has 5 nitrogen and oxygen atoms in total. The van der Waals surface area contributed by atoms with E-state index >= 15 is 0 Å². The van der Waals surface area contributed by atoms with Gasteiger partial charge in [-0.25, -0.2) is 0 Å². The largest absolute Gasteiger partial charge is 0.356 e. The lowest BCUT2D eigenvalue weighted by Gasteiger charge is -2.15. The van der Waals surface area contributed by atoms with Gasteiger partial charge in [0.15, 0.2) is 0 Å². The molecule has 1 aromatic heterocycles. The van der Waals surface area contributed by atoms with E-state index in [0.717, 1.165) is 44.6 Å². The summed E-state index contributed by atoms with van der Waals surface area (Å²) in [6.07, 6.45) is 3.81. The Morgan fingerprint density at radius 2 is 2.37 bits per heavy atom. The van der Waals surface area contributed by atoms with Crippen molar-refractivity contribution in [1.29, 1.82) is 0 Å². The molecule has 5 heteroatoms. The molecule has 106 valence electrons. The van der Waals surface area contributed by atoms with Crippen LogP contribution in [0.25, 0.3) is 0 Å². The molecule has 0 spiro atoms. The molecular formula is C14H24N4O. The van der Waals surface area contributed by atoms with Gasteiger partial charge in [-0.15, -0.1) is 0 Å². The zero-order valence-corrected chi connectivity index (χ0v) is 11.9. The van der Waals surface area contributed by atoms with Gasteiger partial charge >= 0.3 is 0 Å². The predicted octanol–water partition coefficient (Wildman–Crippen LogP) is 1.15. The number of nitrogens with zero attached hydrogens (tertiary/aromatic N) is 2. The average molecular weight is 264 g/mol. The van der Waals surface area contributed by atoms with Crippen molar-refractivity contribution in [3.63, 3.8) is 0 Å². The minimum Gasteiger partial charge on any atom is -0.356 e. The van der Waals surface area contributed by atoms with Crippen molar-refractivity contribution < 1.29 is 4.79 Å². The van der Waals surface area contributed by atoms with Crippen molar-refractivity contribution in [3.8, 4) is 0 Å². The summed E-state index contributed by atoms with van der Waals surface area (Å²) >= 11 is 0. The number of rotatable bonds is 5. The van der Waals surface area contributed by atoms with E-state index in [1.54, 1.807) is 0 Å². The fourth-order valence-electron chi connectivity index (χ4n) is 2.58. The Hall–Kier alpha value is -1.36. The number of amides is 1. The first-order valence-corrected chi connectivity index (χ1v) is 7.16.